The van der Waals surface area contributed by atoms with Crippen LogP contribution in [0.1, 0.15) is 0 Å². The molecule has 0 bridgehead atoms. The molecule has 0 aliphatic heterocycles. The molecule has 0 aliphatic carbocycles. The van der Waals surface area contributed by atoms with Crippen molar-refractivity contribution in [2.24, 2.45) is 0 Å². The van der Waals surface area contributed by atoms with E-state index in [4.69, 9.17) is 11.6 Å². The predicted octanol–water partition coefficient (Wildman–Crippen LogP) is 4.77. The Morgan fingerprint density at radius 3 is 2.61 bits per heavy atom. The number of nitrogens with one attached hydrogen (secondary N) is 1. The second-order valence-corrected chi connectivity index (χ2v) is 4.48. The molecule has 90 valence electrons. The normalized spacial score (nSPS) is 11.1. The second-order valence-electron chi connectivity index (χ2n) is 4.05. The number of halogens is 3. The lowest BCUT2D eigenvalue weighted by Crippen LogP contribution is -1.80. The fourth-order valence-corrected chi connectivity index (χ4v) is 2.19. The van der Waals surface area contributed by atoms with Crippen LogP contribution in [-0.2, 0) is 0 Å². The van der Waals surface area contributed by atoms with Crippen molar-refractivity contribution < 1.29 is 8.78 Å². The smallest absolute Gasteiger partial charge is 0.148 e. The van der Waals surface area contributed by atoms with Crippen LogP contribution < -0.4 is 0 Å². The highest BCUT2D eigenvalue weighted by Gasteiger charge is 2.08. The van der Waals surface area contributed by atoms with E-state index in [1.54, 1.807) is 24.3 Å². The van der Waals surface area contributed by atoms with Crippen LogP contribution in [0.25, 0.3) is 22.2 Å². The summed E-state index contributed by atoms with van der Waals surface area (Å²) in [6, 6.07) is 10.8. The SMILES string of the molecule is Fc1cccc(-c2cc3cc(Cl)cc(F)c3[nH]2)c1. The summed E-state index contributed by atoms with van der Waals surface area (Å²) in [5.41, 5.74) is 1.70. The zero-order valence-corrected chi connectivity index (χ0v) is 9.93. The number of benzene rings is 2. The van der Waals surface area contributed by atoms with Crippen molar-refractivity contribution in [1.82, 2.24) is 4.98 Å². The Morgan fingerprint density at radius 1 is 1.00 bits per heavy atom. The molecule has 0 spiro atoms. The summed E-state index contributed by atoms with van der Waals surface area (Å²) in [6.45, 7) is 0. The highest BCUT2D eigenvalue weighted by molar-refractivity contribution is 6.31. The van der Waals surface area contributed by atoms with E-state index < -0.39 is 5.82 Å². The first-order valence-corrected chi connectivity index (χ1v) is 5.75. The van der Waals surface area contributed by atoms with Crippen molar-refractivity contribution in [3.63, 3.8) is 0 Å². The number of hydrogen-bond donors (Lipinski definition) is 1. The number of rotatable bonds is 1. The minimum atomic E-state index is -0.417. The van der Waals surface area contributed by atoms with Gasteiger partial charge in [0.05, 0.1) is 5.52 Å². The Labute approximate surface area is 107 Å². The van der Waals surface area contributed by atoms with E-state index in [1.807, 2.05) is 0 Å². The molecule has 1 nitrogen and oxygen atoms in total. The van der Waals surface area contributed by atoms with E-state index in [-0.39, 0.29) is 5.82 Å². The van der Waals surface area contributed by atoms with Gasteiger partial charge >= 0.3 is 0 Å². The van der Waals surface area contributed by atoms with Crippen LogP contribution in [0.4, 0.5) is 8.78 Å². The molecule has 0 radical (unpaired) electrons. The van der Waals surface area contributed by atoms with Gasteiger partial charge in [-0.1, -0.05) is 23.7 Å². The molecule has 0 aliphatic rings. The first kappa shape index (κ1) is 11.2. The molecule has 1 heterocycles. The second kappa shape index (κ2) is 4.10. The molecular formula is C14H8ClF2N. The molecule has 0 saturated heterocycles. The molecule has 1 aromatic heterocycles. The summed E-state index contributed by atoms with van der Waals surface area (Å²) in [5, 5.41) is 1.00. The number of aromatic nitrogens is 1. The van der Waals surface area contributed by atoms with Gasteiger partial charge in [0.25, 0.3) is 0 Å². The van der Waals surface area contributed by atoms with Gasteiger partial charge in [-0.2, -0.15) is 0 Å². The van der Waals surface area contributed by atoms with Crippen LogP contribution in [0.2, 0.25) is 5.02 Å². The molecule has 3 rings (SSSR count). The Bertz CT molecular complexity index is 734. The Kier molecular flexibility index (Phi) is 2.56. The monoisotopic (exact) mass is 263 g/mol. The van der Waals surface area contributed by atoms with E-state index in [0.717, 1.165) is 0 Å². The maximum absolute atomic E-state index is 13.7. The van der Waals surface area contributed by atoms with Crippen LogP contribution in [0.3, 0.4) is 0 Å². The zero-order valence-electron chi connectivity index (χ0n) is 9.18. The van der Waals surface area contributed by atoms with E-state index in [9.17, 15) is 8.78 Å². The van der Waals surface area contributed by atoms with Crippen LogP contribution in [0.5, 0.6) is 0 Å². The molecule has 3 aromatic rings. The highest BCUT2D eigenvalue weighted by Crippen LogP contribution is 2.28. The van der Waals surface area contributed by atoms with Crippen molar-refractivity contribution in [2.45, 2.75) is 0 Å². The summed E-state index contributed by atoms with van der Waals surface area (Å²) in [6.07, 6.45) is 0. The third kappa shape index (κ3) is 1.87. The van der Waals surface area contributed by atoms with Gasteiger partial charge in [0, 0.05) is 21.7 Å². The lowest BCUT2D eigenvalue weighted by molar-refractivity contribution is 0.628. The lowest BCUT2D eigenvalue weighted by atomic mass is 10.1. The van der Waals surface area contributed by atoms with Gasteiger partial charge in [-0.3, -0.25) is 0 Å². The fraction of sp³-hybridized carbons (Fsp3) is 0. The summed E-state index contributed by atoms with van der Waals surface area (Å²) < 4.78 is 26.8. The lowest BCUT2D eigenvalue weighted by Gasteiger charge is -1.97. The maximum atomic E-state index is 13.7. The van der Waals surface area contributed by atoms with Crippen molar-refractivity contribution in [3.05, 3.63) is 59.1 Å². The van der Waals surface area contributed by atoms with Gasteiger partial charge in [-0.05, 0) is 30.3 Å². The summed E-state index contributed by atoms with van der Waals surface area (Å²) in [4.78, 5) is 2.93. The van der Waals surface area contributed by atoms with Crippen LogP contribution in [0, 0.1) is 11.6 Å². The van der Waals surface area contributed by atoms with E-state index in [2.05, 4.69) is 4.98 Å². The predicted molar refractivity (Wildman–Crippen MR) is 68.7 cm³/mol. The molecule has 0 amide bonds. The third-order valence-electron chi connectivity index (χ3n) is 2.78. The average molecular weight is 264 g/mol. The minimum Gasteiger partial charge on any atom is -0.352 e. The van der Waals surface area contributed by atoms with Gasteiger partial charge in [0.1, 0.15) is 11.6 Å². The van der Waals surface area contributed by atoms with Crippen LogP contribution >= 0.6 is 11.6 Å². The van der Waals surface area contributed by atoms with Gasteiger partial charge in [0.2, 0.25) is 0 Å². The first-order valence-electron chi connectivity index (χ1n) is 5.37. The van der Waals surface area contributed by atoms with Gasteiger partial charge in [-0.15, -0.1) is 0 Å². The molecule has 0 fully saturated rings. The van der Waals surface area contributed by atoms with E-state index in [0.29, 0.717) is 27.2 Å². The molecule has 2 aromatic carbocycles. The van der Waals surface area contributed by atoms with E-state index >= 15 is 0 Å². The molecule has 0 saturated carbocycles. The van der Waals surface area contributed by atoms with Crippen molar-refractivity contribution in [1.29, 1.82) is 0 Å². The molecule has 0 unspecified atom stereocenters. The summed E-state index contributed by atoms with van der Waals surface area (Å²) in [7, 11) is 0. The molecule has 1 N–H and O–H groups in total. The van der Waals surface area contributed by atoms with Crippen molar-refractivity contribution in [2.75, 3.05) is 0 Å². The van der Waals surface area contributed by atoms with Crippen LogP contribution in [-0.4, -0.2) is 4.98 Å². The van der Waals surface area contributed by atoms with Gasteiger partial charge < -0.3 is 4.98 Å². The van der Waals surface area contributed by atoms with Crippen molar-refractivity contribution >= 4 is 22.5 Å². The van der Waals surface area contributed by atoms with Crippen LogP contribution in [0.15, 0.2) is 42.5 Å². The standard InChI is InChI=1S/C14H8ClF2N/c15-10-4-9-6-13(18-14(9)12(17)7-10)8-2-1-3-11(16)5-8/h1-7,18H. The molecular weight excluding hydrogens is 256 g/mol. The summed E-state index contributed by atoms with van der Waals surface area (Å²) >= 11 is 5.79. The highest BCUT2D eigenvalue weighted by atomic mass is 35.5. The van der Waals surface area contributed by atoms with E-state index in [1.165, 1.54) is 18.2 Å². The number of hydrogen-bond acceptors (Lipinski definition) is 0. The van der Waals surface area contributed by atoms with Gasteiger partial charge in [-0.25, -0.2) is 8.78 Å². The van der Waals surface area contributed by atoms with Gasteiger partial charge in [0.15, 0.2) is 0 Å². The molecule has 0 atom stereocenters. The molecule has 18 heavy (non-hydrogen) atoms. The Balaban J connectivity index is 2.22. The zero-order chi connectivity index (χ0) is 12.7. The quantitative estimate of drug-likeness (QED) is 0.651. The Hall–Kier alpha value is -1.87. The fourth-order valence-electron chi connectivity index (χ4n) is 1.98. The largest absolute Gasteiger partial charge is 0.352 e. The average Bonchev–Trinajstić information content (AvgIpc) is 2.73. The Morgan fingerprint density at radius 2 is 1.83 bits per heavy atom. The topological polar surface area (TPSA) is 15.8 Å². The number of aromatic amines is 1. The number of H-pyrrole nitrogens is 1. The minimum absolute atomic E-state index is 0.329. The third-order valence-corrected chi connectivity index (χ3v) is 3.00. The van der Waals surface area contributed by atoms with Crippen molar-refractivity contribution in [3.8, 4) is 11.3 Å². The first-order chi connectivity index (χ1) is 8.63. The number of fused-ring (bicyclic) bond motifs is 1. The summed E-state index contributed by atoms with van der Waals surface area (Å²) in [5.74, 6) is -0.746. The molecule has 4 heteroatoms. The maximum Gasteiger partial charge on any atom is 0.148 e.